The SMILES string of the molecule is CCC1CCCN(C(=O)NCCC(O)C(=O)O)C1. The van der Waals surface area contributed by atoms with E-state index < -0.39 is 12.1 Å². The summed E-state index contributed by atoms with van der Waals surface area (Å²) in [7, 11) is 0. The molecule has 1 heterocycles. The second kappa shape index (κ2) is 7.20. The number of amides is 2. The Bertz CT molecular complexity index is 296. The molecule has 6 heteroatoms. The van der Waals surface area contributed by atoms with Crippen molar-refractivity contribution in [2.75, 3.05) is 19.6 Å². The quantitative estimate of drug-likeness (QED) is 0.675. The Morgan fingerprint density at radius 3 is 2.83 bits per heavy atom. The van der Waals surface area contributed by atoms with Crippen LogP contribution in [0.4, 0.5) is 4.79 Å². The first-order chi connectivity index (χ1) is 8.54. The number of aliphatic carboxylic acids is 1. The molecule has 3 N–H and O–H groups in total. The Morgan fingerprint density at radius 1 is 1.50 bits per heavy atom. The lowest BCUT2D eigenvalue weighted by Gasteiger charge is -2.32. The van der Waals surface area contributed by atoms with E-state index in [0.29, 0.717) is 5.92 Å². The fraction of sp³-hybridized carbons (Fsp3) is 0.833. The molecule has 0 aromatic rings. The Morgan fingerprint density at radius 2 is 2.22 bits per heavy atom. The molecule has 1 fully saturated rings. The van der Waals surface area contributed by atoms with Crippen LogP contribution in [0.1, 0.15) is 32.6 Å². The minimum absolute atomic E-state index is 0.0338. The van der Waals surface area contributed by atoms with Crippen LogP contribution in [0.3, 0.4) is 0 Å². The van der Waals surface area contributed by atoms with E-state index in [9.17, 15) is 9.59 Å². The number of carboxylic acids is 1. The lowest BCUT2D eigenvalue weighted by Crippen LogP contribution is -2.46. The number of nitrogens with zero attached hydrogens (tertiary/aromatic N) is 1. The number of piperidine rings is 1. The molecular weight excluding hydrogens is 236 g/mol. The number of carboxylic acid groups (broad SMARTS) is 1. The van der Waals surface area contributed by atoms with E-state index in [1.54, 1.807) is 4.90 Å². The summed E-state index contributed by atoms with van der Waals surface area (Å²) in [4.78, 5) is 24.0. The van der Waals surface area contributed by atoms with Gasteiger partial charge in [-0.3, -0.25) is 0 Å². The van der Waals surface area contributed by atoms with Crippen molar-refractivity contribution in [3.63, 3.8) is 0 Å². The number of likely N-dealkylation sites (tertiary alicyclic amines) is 1. The second-order valence-electron chi connectivity index (χ2n) is 4.74. The van der Waals surface area contributed by atoms with E-state index in [2.05, 4.69) is 12.2 Å². The molecule has 2 atom stereocenters. The molecule has 1 aliphatic rings. The molecule has 0 aromatic carbocycles. The topological polar surface area (TPSA) is 89.9 Å². The number of aliphatic hydroxyl groups is 1. The zero-order valence-electron chi connectivity index (χ0n) is 10.8. The summed E-state index contributed by atoms with van der Waals surface area (Å²) in [5, 5.41) is 20.2. The van der Waals surface area contributed by atoms with Gasteiger partial charge in [0.2, 0.25) is 0 Å². The summed E-state index contributed by atoms with van der Waals surface area (Å²) in [6.45, 7) is 3.82. The minimum atomic E-state index is -1.41. The lowest BCUT2D eigenvalue weighted by molar-refractivity contribution is -0.146. The van der Waals surface area contributed by atoms with Gasteiger partial charge >= 0.3 is 12.0 Å². The van der Waals surface area contributed by atoms with Crippen molar-refractivity contribution in [3.05, 3.63) is 0 Å². The summed E-state index contributed by atoms with van der Waals surface area (Å²) in [5.41, 5.74) is 0. The Balaban J connectivity index is 2.26. The fourth-order valence-corrected chi connectivity index (χ4v) is 2.13. The van der Waals surface area contributed by atoms with Crippen molar-refractivity contribution >= 4 is 12.0 Å². The minimum Gasteiger partial charge on any atom is -0.479 e. The largest absolute Gasteiger partial charge is 0.479 e. The highest BCUT2D eigenvalue weighted by Gasteiger charge is 2.22. The van der Waals surface area contributed by atoms with Gasteiger partial charge in [0.05, 0.1) is 0 Å². The molecule has 104 valence electrons. The number of hydrogen-bond donors (Lipinski definition) is 3. The Kier molecular flexibility index (Phi) is 5.91. The smallest absolute Gasteiger partial charge is 0.332 e. The monoisotopic (exact) mass is 258 g/mol. The predicted octanol–water partition coefficient (Wildman–Crippen LogP) is 0.654. The molecule has 0 radical (unpaired) electrons. The maximum absolute atomic E-state index is 11.8. The van der Waals surface area contributed by atoms with Gasteiger partial charge in [-0.2, -0.15) is 0 Å². The third kappa shape index (κ3) is 4.52. The number of urea groups is 1. The predicted molar refractivity (Wildman–Crippen MR) is 66.2 cm³/mol. The molecule has 0 aromatic heterocycles. The Labute approximate surface area is 107 Å². The third-order valence-corrected chi connectivity index (χ3v) is 3.36. The van der Waals surface area contributed by atoms with Gasteiger partial charge in [0.25, 0.3) is 0 Å². The van der Waals surface area contributed by atoms with Crippen molar-refractivity contribution in [3.8, 4) is 0 Å². The van der Waals surface area contributed by atoms with E-state index >= 15 is 0 Å². The molecule has 1 rings (SSSR count). The first-order valence-corrected chi connectivity index (χ1v) is 6.48. The van der Waals surface area contributed by atoms with Gasteiger partial charge in [-0.05, 0) is 18.8 Å². The number of carbonyl (C=O) groups is 2. The molecule has 2 amide bonds. The molecule has 0 saturated carbocycles. The zero-order chi connectivity index (χ0) is 13.5. The molecule has 6 nitrogen and oxygen atoms in total. The number of nitrogens with one attached hydrogen (secondary N) is 1. The molecule has 0 aliphatic carbocycles. The Hall–Kier alpha value is -1.30. The van der Waals surface area contributed by atoms with Gasteiger partial charge in [-0.25, -0.2) is 9.59 Å². The van der Waals surface area contributed by atoms with Gasteiger partial charge in [0, 0.05) is 26.1 Å². The average Bonchev–Trinajstić information content (AvgIpc) is 2.38. The number of carbonyl (C=O) groups excluding carboxylic acids is 1. The third-order valence-electron chi connectivity index (χ3n) is 3.36. The first-order valence-electron chi connectivity index (χ1n) is 6.48. The summed E-state index contributed by atoms with van der Waals surface area (Å²) < 4.78 is 0. The molecule has 0 bridgehead atoms. The van der Waals surface area contributed by atoms with Crippen molar-refractivity contribution in [2.24, 2.45) is 5.92 Å². The van der Waals surface area contributed by atoms with Gasteiger partial charge in [-0.1, -0.05) is 13.3 Å². The van der Waals surface area contributed by atoms with Crippen LogP contribution in [0, 0.1) is 5.92 Å². The molecular formula is C12H22N2O4. The van der Waals surface area contributed by atoms with E-state index in [-0.39, 0.29) is 19.0 Å². The van der Waals surface area contributed by atoms with Crippen LogP contribution >= 0.6 is 0 Å². The van der Waals surface area contributed by atoms with Crippen LogP contribution in [-0.4, -0.2) is 52.9 Å². The summed E-state index contributed by atoms with van der Waals surface area (Å²) in [6.07, 6.45) is 1.88. The molecule has 2 unspecified atom stereocenters. The van der Waals surface area contributed by atoms with Crippen molar-refractivity contribution in [1.82, 2.24) is 10.2 Å². The normalized spacial score (nSPS) is 21.4. The summed E-state index contributed by atoms with van der Waals surface area (Å²) >= 11 is 0. The summed E-state index contributed by atoms with van der Waals surface area (Å²) in [6, 6.07) is -0.161. The lowest BCUT2D eigenvalue weighted by atomic mass is 9.96. The van der Waals surface area contributed by atoms with E-state index in [1.165, 1.54) is 0 Å². The van der Waals surface area contributed by atoms with Gasteiger partial charge < -0.3 is 20.4 Å². The first kappa shape index (κ1) is 14.8. The van der Waals surface area contributed by atoms with Gasteiger partial charge in [0.15, 0.2) is 6.10 Å². The van der Waals surface area contributed by atoms with Crippen LogP contribution in [0.2, 0.25) is 0 Å². The zero-order valence-corrected chi connectivity index (χ0v) is 10.8. The number of aliphatic hydroxyl groups excluding tert-OH is 1. The second-order valence-corrected chi connectivity index (χ2v) is 4.74. The maximum Gasteiger partial charge on any atom is 0.332 e. The molecule has 18 heavy (non-hydrogen) atoms. The average molecular weight is 258 g/mol. The van der Waals surface area contributed by atoms with Crippen molar-refractivity contribution in [1.29, 1.82) is 0 Å². The maximum atomic E-state index is 11.8. The van der Waals surface area contributed by atoms with Crippen molar-refractivity contribution in [2.45, 2.75) is 38.7 Å². The van der Waals surface area contributed by atoms with Gasteiger partial charge in [0.1, 0.15) is 0 Å². The van der Waals surface area contributed by atoms with Crippen LogP contribution in [0.5, 0.6) is 0 Å². The van der Waals surface area contributed by atoms with Crippen LogP contribution in [0.25, 0.3) is 0 Å². The molecule has 1 saturated heterocycles. The fourth-order valence-electron chi connectivity index (χ4n) is 2.13. The highest BCUT2D eigenvalue weighted by Crippen LogP contribution is 2.18. The van der Waals surface area contributed by atoms with Crippen LogP contribution in [0.15, 0.2) is 0 Å². The number of rotatable bonds is 5. The number of hydrogen-bond acceptors (Lipinski definition) is 3. The van der Waals surface area contributed by atoms with E-state index in [4.69, 9.17) is 10.2 Å². The molecule has 1 aliphatic heterocycles. The van der Waals surface area contributed by atoms with Crippen molar-refractivity contribution < 1.29 is 19.8 Å². The standard InChI is InChI=1S/C12H22N2O4/c1-2-9-4-3-7-14(8-9)12(18)13-6-5-10(15)11(16)17/h9-10,15H,2-8H2,1H3,(H,13,18)(H,16,17). The van der Waals surface area contributed by atoms with E-state index in [1.807, 2.05) is 0 Å². The highest BCUT2D eigenvalue weighted by atomic mass is 16.4. The molecule has 0 spiro atoms. The van der Waals surface area contributed by atoms with Gasteiger partial charge in [-0.15, -0.1) is 0 Å². The van der Waals surface area contributed by atoms with E-state index in [0.717, 1.165) is 32.4 Å². The van der Waals surface area contributed by atoms with Crippen LogP contribution < -0.4 is 5.32 Å². The summed E-state index contributed by atoms with van der Waals surface area (Å²) in [5.74, 6) is -0.692. The highest BCUT2D eigenvalue weighted by molar-refractivity contribution is 5.74. The van der Waals surface area contributed by atoms with Crippen LogP contribution in [-0.2, 0) is 4.79 Å².